The molecule has 8 nitrogen and oxygen atoms in total. The van der Waals surface area contributed by atoms with E-state index in [0.717, 1.165) is 0 Å². The Balaban J connectivity index is 1.77. The molecule has 1 aromatic carbocycles. The first-order chi connectivity index (χ1) is 12.0. The number of methoxy groups -OCH3 is 1. The second kappa shape index (κ2) is 7.00. The highest BCUT2D eigenvalue weighted by Crippen LogP contribution is 2.18. The summed E-state index contributed by atoms with van der Waals surface area (Å²) in [5, 5.41) is 9.61. The Morgan fingerprint density at radius 1 is 1.08 bits per heavy atom. The zero-order valence-corrected chi connectivity index (χ0v) is 14.0. The van der Waals surface area contributed by atoms with Crippen molar-refractivity contribution in [1.29, 1.82) is 0 Å². The van der Waals surface area contributed by atoms with Gasteiger partial charge in [-0.1, -0.05) is 5.16 Å². The Bertz CT molecular complexity index is 890. The summed E-state index contributed by atoms with van der Waals surface area (Å²) < 4.78 is 10.1. The highest BCUT2D eigenvalue weighted by atomic mass is 16.5. The Kier molecular flexibility index (Phi) is 4.60. The van der Waals surface area contributed by atoms with Crippen molar-refractivity contribution >= 4 is 23.2 Å². The number of nitrogens with one attached hydrogen (secondary N) is 2. The van der Waals surface area contributed by atoms with Gasteiger partial charge in [-0.3, -0.25) is 4.79 Å². The van der Waals surface area contributed by atoms with E-state index in [1.807, 2.05) is 0 Å². The highest BCUT2D eigenvalue weighted by Gasteiger charge is 2.12. The lowest BCUT2D eigenvalue weighted by Gasteiger charge is -2.08. The quantitative estimate of drug-likeness (QED) is 0.736. The summed E-state index contributed by atoms with van der Waals surface area (Å²) in [4.78, 5) is 20.9. The van der Waals surface area contributed by atoms with Gasteiger partial charge in [0, 0.05) is 17.8 Å². The molecule has 0 aliphatic heterocycles. The van der Waals surface area contributed by atoms with E-state index in [1.54, 1.807) is 57.4 Å². The number of aryl methyl sites for hydroxylation is 2. The molecule has 8 heteroatoms. The summed E-state index contributed by atoms with van der Waals surface area (Å²) in [7, 11) is 1.59. The van der Waals surface area contributed by atoms with Crippen LogP contribution in [0.5, 0.6) is 5.75 Å². The molecule has 2 heterocycles. The topological polar surface area (TPSA) is 102 Å². The van der Waals surface area contributed by atoms with Crippen molar-refractivity contribution in [1.82, 2.24) is 15.1 Å². The van der Waals surface area contributed by atoms with E-state index in [0.29, 0.717) is 34.7 Å². The van der Waals surface area contributed by atoms with Crippen LogP contribution in [0.2, 0.25) is 0 Å². The summed E-state index contributed by atoms with van der Waals surface area (Å²) >= 11 is 0. The Morgan fingerprint density at radius 3 is 2.48 bits per heavy atom. The van der Waals surface area contributed by atoms with Crippen molar-refractivity contribution in [2.75, 3.05) is 17.7 Å². The fourth-order valence-corrected chi connectivity index (χ4v) is 2.17. The standard InChI is InChI=1S/C17H17N5O3/c1-10-8-16(22-25-10)21-15-9-14(18-11(2)19-15)17(23)20-12-4-6-13(24-3)7-5-12/h4-9H,1-3H3,(H,20,23)(H,18,19,21,22). The first-order valence-corrected chi connectivity index (χ1v) is 7.55. The smallest absolute Gasteiger partial charge is 0.274 e. The first kappa shape index (κ1) is 16.4. The van der Waals surface area contributed by atoms with E-state index in [-0.39, 0.29) is 11.6 Å². The molecule has 3 rings (SSSR count). The Morgan fingerprint density at radius 2 is 1.84 bits per heavy atom. The van der Waals surface area contributed by atoms with Gasteiger partial charge in [-0.15, -0.1) is 0 Å². The van der Waals surface area contributed by atoms with Gasteiger partial charge < -0.3 is 19.9 Å². The highest BCUT2D eigenvalue weighted by molar-refractivity contribution is 6.03. The van der Waals surface area contributed by atoms with Crippen LogP contribution in [-0.4, -0.2) is 28.1 Å². The van der Waals surface area contributed by atoms with Gasteiger partial charge in [-0.05, 0) is 38.1 Å². The van der Waals surface area contributed by atoms with E-state index in [1.165, 1.54) is 0 Å². The maximum absolute atomic E-state index is 12.4. The average molecular weight is 339 g/mol. The van der Waals surface area contributed by atoms with Gasteiger partial charge in [0.1, 0.15) is 28.8 Å². The number of ether oxygens (including phenoxy) is 1. The van der Waals surface area contributed by atoms with E-state index in [4.69, 9.17) is 9.26 Å². The molecule has 0 bridgehead atoms. The molecule has 1 amide bonds. The average Bonchev–Trinajstić information content (AvgIpc) is 3.00. The van der Waals surface area contributed by atoms with E-state index >= 15 is 0 Å². The third kappa shape index (κ3) is 4.11. The van der Waals surface area contributed by atoms with Crippen LogP contribution < -0.4 is 15.4 Å². The predicted octanol–water partition coefficient (Wildman–Crippen LogP) is 3.09. The molecule has 0 saturated heterocycles. The monoisotopic (exact) mass is 339 g/mol. The number of hydrogen-bond donors (Lipinski definition) is 2. The van der Waals surface area contributed by atoms with Crippen molar-refractivity contribution < 1.29 is 14.1 Å². The zero-order valence-electron chi connectivity index (χ0n) is 14.0. The van der Waals surface area contributed by atoms with Gasteiger partial charge in [0.15, 0.2) is 5.82 Å². The second-order valence-corrected chi connectivity index (χ2v) is 5.32. The van der Waals surface area contributed by atoms with Crippen LogP contribution in [-0.2, 0) is 0 Å². The molecule has 0 fully saturated rings. The molecular weight excluding hydrogens is 322 g/mol. The fraction of sp³-hybridized carbons (Fsp3) is 0.176. The molecule has 0 radical (unpaired) electrons. The molecule has 0 atom stereocenters. The van der Waals surface area contributed by atoms with E-state index in [9.17, 15) is 4.79 Å². The van der Waals surface area contributed by atoms with Crippen LogP contribution in [0, 0.1) is 13.8 Å². The lowest BCUT2D eigenvalue weighted by atomic mass is 10.3. The van der Waals surface area contributed by atoms with E-state index in [2.05, 4.69) is 25.8 Å². The predicted molar refractivity (Wildman–Crippen MR) is 92.2 cm³/mol. The molecule has 0 saturated carbocycles. The molecule has 2 aromatic heterocycles. The van der Waals surface area contributed by atoms with Crippen LogP contribution in [0.25, 0.3) is 0 Å². The van der Waals surface area contributed by atoms with Gasteiger partial charge in [-0.2, -0.15) is 0 Å². The minimum Gasteiger partial charge on any atom is -0.497 e. The summed E-state index contributed by atoms with van der Waals surface area (Å²) in [6.45, 7) is 3.50. The van der Waals surface area contributed by atoms with Gasteiger partial charge >= 0.3 is 0 Å². The maximum atomic E-state index is 12.4. The minimum absolute atomic E-state index is 0.242. The van der Waals surface area contributed by atoms with Crippen molar-refractivity contribution in [3.05, 3.63) is 53.7 Å². The molecule has 0 unspecified atom stereocenters. The lowest BCUT2D eigenvalue weighted by molar-refractivity contribution is 0.102. The lowest BCUT2D eigenvalue weighted by Crippen LogP contribution is -2.15. The molecule has 3 aromatic rings. The largest absolute Gasteiger partial charge is 0.497 e. The maximum Gasteiger partial charge on any atom is 0.274 e. The third-order valence-corrected chi connectivity index (χ3v) is 3.30. The summed E-state index contributed by atoms with van der Waals surface area (Å²) in [5.41, 5.74) is 0.884. The van der Waals surface area contributed by atoms with Crippen LogP contribution in [0.1, 0.15) is 22.1 Å². The van der Waals surface area contributed by atoms with Crippen LogP contribution in [0.4, 0.5) is 17.3 Å². The zero-order chi connectivity index (χ0) is 17.8. The number of benzene rings is 1. The van der Waals surface area contributed by atoms with Crippen molar-refractivity contribution in [2.45, 2.75) is 13.8 Å². The number of carbonyl (C=O) groups excluding carboxylic acids is 1. The van der Waals surface area contributed by atoms with Crippen LogP contribution in [0.3, 0.4) is 0 Å². The number of amides is 1. The summed E-state index contributed by atoms with van der Waals surface area (Å²) in [5.74, 6) is 2.48. The number of hydrogen-bond acceptors (Lipinski definition) is 7. The fourth-order valence-electron chi connectivity index (χ4n) is 2.17. The Hall–Kier alpha value is -3.42. The number of carbonyl (C=O) groups is 1. The van der Waals surface area contributed by atoms with E-state index < -0.39 is 0 Å². The van der Waals surface area contributed by atoms with Crippen molar-refractivity contribution in [2.24, 2.45) is 0 Å². The van der Waals surface area contributed by atoms with Crippen LogP contribution in [0.15, 0.2) is 40.9 Å². The van der Waals surface area contributed by atoms with Gasteiger partial charge in [0.25, 0.3) is 5.91 Å². The van der Waals surface area contributed by atoms with Gasteiger partial charge in [-0.25, -0.2) is 9.97 Å². The number of anilines is 3. The molecule has 25 heavy (non-hydrogen) atoms. The number of nitrogens with zero attached hydrogens (tertiary/aromatic N) is 3. The minimum atomic E-state index is -0.338. The number of rotatable bonds is 5. The second-order valence-electron chi connectivity index (χ2n) is 5.32. The Labute approximate surface area is 144 Å². The third-order valence-electron chi connectivity index (χ3n) is 3.30. The van der Waals surface area contributed by atoms with Gasteiger partial charge in [0.05, 0.1) is 7.11 Å². The van der Waals surface area contributed by atoms with Crippen molar-refractivity contribution in [3.8, 4) is 5.75 Å². The molecule has 0 aliphatic carbocycles. The number of aromatic nitrogens is 3. The molecular formula is C17H17N5O3. The molecule has 128 valence electrons. The normalized spacial score (nSPS) is 10.4. The molecule has 0 spiro atoms. The SMILES string of the molecule is COc1ccc(NC(=O)c2cc(Nc3cc(C)on3)nc(C)n2)cc1. The van der Waals surface area contributed by atoms with Crippen molar-refractivity contribution in [3.63, 3.8) is 0 Å². The van der Waals surface area contributed by atoms with Gasteiger partial charge in [0.2, 0.25) is 0 Å². The first-order valence-electron chi connectivity index (χ1n) is 7.55. The summed E-state index contributed by atoms with van der Waals surface area (Å²) in [6, 6.07) is 10.3. The summed E-state index contributed by atoms with van der Waals surface area (Å²) in [6.07, 6.45) is 0. The molecule has 2 N–H and O–H groups in total. The van der Waals surface area contributed by atoms with Crippen LogP contribution >= 0.6 is 0 Å². The molecule has 0 aliphatic rings.